The van der Waals surface area contributed by atoms with Crippen LogP contribution in [0.4, 0.5) is 15.0 Å². The molecule has 2 aliphatic rings. The number of pyridine rings is 2. The summed E-state index contributed by atoms with van der Waals surface area (Å²) < 4.78 is 29.3. The first kappa shape index (κ1) is 26.5. The lowest BCUT2D eigenvalue weighted by molar-refractivity contribution is 0.102. The SMILES string of the molecule is Cc1cc(C#N)cnc1C(=O)Nc1ccc(F)c(C2(C)CS3(O)NCCCCC3(C)C(NC(=O)O)=N2)n1. The van der Waals surface area contributed by atoms with Crippen molar-refractivity contribution >= 4 is 34.1 Å². The lowest BCUT2D eigenvalue weighted by atomic mass is 9.96. The lowest BCUT2D eigenvalue weighted by Crippen LogP contribution is -2.59. The molecule has 2 aromatic rings. The van der Waals surface area contributed by atoms with Crippen LogP contribution in [-0.4, -0.2) is 54.5 Å². The third-order valence-electron chi connectivity index (χ3n) is 6.76. The number of hydrogen-bond donors (Lipinski definition) is 5. The number of fused-ring (bicyclic) bond motifs is 1. The predicted octanol–water partition coefficient (Wildman–Crippen LogP) is 3.67. The molecule has 0 aromatic carbocycles. The molecule has 4 heterocycles. The highest BCUT2D eigenvalue weighted by molar-refractivity contribution is 8.29. The van der Waals surface area contributed by atoms with Crippen LogP contribution in [0.1, 0.15) is 60.4 Å². The largest absolute Gasteiger partial charge is 0.465 e. The molecule has 2 aromatic heterocycles. The van der Waals surface area contributed by atoms with E-state index in [1.165, 1.54) is 18.3 Å². The fourth-order valence-corrected chi connectivity index (χ4v) is 7.91. The van der Waals surface area contributed by atoms with E-state index in [0.717, 1.165) is 18.9 Å². The number of halogens is 1. The summed E-state index contributed by atoms with van der Waals surface area (Å²) in [5.74, 6) is -1.24. The molecule has 11 nitrogen and oxygen atoms in total. The number of anilines is 1. The van der Waals surface area contributed by atoms with Gasteiger partial charge in [-0.3, -0.25) is 19.8 Å². The highest BCUT2D eigenvalue weighted by atomic mass is 32.3. The maximum Gasteiger partial charge on any atom is 0.410 e. The number of hydrogen-bond acceptors (Lipinski definition) is 8. The van der Waals surface area contributed by atoms with Gasteiger partial charge in [0.25, 0.3) is 5.91 Å². The van der Waals surface area contributed by atoms with E-state index in [9.17, 15) is 19.2 Å². The number of aliphatic imine (C=N–C) groups is 1. The number of aromatic nitrogens is 2. The molecule has 3 atom stereocenters. The number of amidine groups is 1. The van der Waals surface area contributed by atoms with Crippen LogP contribution in [0.3, 0.4) is 0 Å². The molecule has 13 heteroatoms. The molecule has 37 heavy (non-hydrogen) atoms. The number of aryl methyl sites for hydroxylation is 1. The Morgan fingerprint density at radius 1 is 1.27 bits per heavy atom. The Morgan fingerprint density at radius 3 is 2.70 bits per heavy atom. The van der Waals surface area contributed by atoms with Gasteiger partial charge in [0, 0.05) is 18.5 Å². The number of amides is 2. The molecule has 0 spiro atoms. The van der Waals surface area contributed by atoms with E-state index in [1.807, 2.05) is 6.07 Å². The third kappa shape index (κ3) is 4.87. The van der Waals surface area contributed by atoms with Crippen molar-refractivity contribution in [1.82, 2.24) is 20.0 Å². The quantitative estimate of drug-likeness (QED) is 0.400. The average Bonchev–Trinajstić information content (AvgIpc) is 2.98. The fourth-order valence-electron chi connectivity index (χ4n) is 4.77. The number of nitrogens with one attached hydrogen (secondary N) is 3. The van der Waals surface area contributed by atoms with E-state index in [0.29, 0.717) is 24.1 Å². The number of nitrogens with zero attached hydrogens (tertiary/aromatic N) is 4. The molecule has 1 fully saturated rings. The van der Waals surface area contributed by atoms with Crippen LogP contribution >= 0.6 is 10.5 Å². The molecule has 196 valence electrons. The summed E-state index contributed by atoms with van der Waals surface area (Å²) in [6.45, 7) is 5.52. The van der Waals surface area contributed by atoms with E-state index < -0.39 is 38.6 Å². The Bertz CT molecular complexity index is 1350. The Balaban J connectivity index is 1.74. The molecule has 2 amide bonds. The van der Waals surface area contributed by atoms with E-state index in [2.05, 4.69) is 30.3 Å². The van der Waals surface area contributed by atoms with Crippen molar-refractivity contribution in [3.05, 3.63) is 52.7 Å². The van der Waals surface area contributed by atoms with Crippen molar-refractivity contribution in [2.45, 2.75) is 50.3 Å². The second kappa shape index (κ2) is 9.70. The van der Waals surface area contributed by atoms with Crippen molar-refractivity contribution in [3.63, 3.8) is 0 Å². The molecule has 3 unspecified atom stereocenters. The maximum atomic E-state index is 15.2. The first-order valence-corrected chi connectivity index (χ1v) is 13.4. The number of carbonyl (C=O) groups excluding carboxylic acids is 1. The van der Waals surface area contributed by atoms with Gasteiger partial charge in [0.2, 0.25) is 0 Å². The summed E-state index contributed by atoms with van der Waals surface area (Å²) in [5, 5.41) is 23.4. The van der Waals surface area contributed by atoms with Crippen LogP contribution in [0.15, 0.2) is 29.4 Å². The molecule has 0 radical (unpaired) electrons. The first-order valence-electron chi connectivity index (χ1n) is 11.6. The summed E-state index contributed by atoms with van der Waals surface area (Å²) in [7, 11) is -2.71. The molecule has 4 rings (SSSR count). The topological polar surface area (TPSA) is 173 Å². The minimum atomic E-state index is -2.71. The Labute approximate surface area is 214 Å². The Hall–Kier alpha value is -3.60. The second-order valence-electron chi connectivity index (χ2n) is 9.58. The van der Waals surface area contributed by atoms with Gasteiger partial charge in [-0.15, -0.1) is 0 Å². The molecule has 0 bridgehead atoms. The van der Waals surface area contributed by atoms with Gasteiger partial charge < -0.3 is 15.0 Å². The fraction of sp³-hybridized carbons (Fsp3) is 0.417. The minimum absolute atomic E-state index is 0.00109. The van der Waals surface area contributed by atoms with Gasteiger partial charge in [0.1, 0.15) is 40.5 Å². The van der Waals surface area contributed by atoms with Crippen molar-refractivity contribution in [3.8, 4) is 6.07 Å². The van der Waals surface area contributed by atoms with Crippen molar-refractivity contribution in [2.24, 2.45) is 4.99 Å². The van der Waals surface area contributed by atoms with Crippen LogP contribution in [0.5, 0.6) is 0 Å². The summed E-state index contributed by atoms with van der Waals surface area (Å²) in [6.07, 6.45) is 1.99. The van der Waals surface area contributed by atoms with E-state index in [-0.39, 0.29) is 28.8 Å². The van der Waals surface area contributed by atoms with Gasteiger partial charge in [-0.05, 0) is 57.4 Å². The minimum Gasteiger partial charge on any atom is -0.465 e. The molecule has 0 saturated carbocycles. The number of rotatable bonds is 3. The monoisotopic (exact) mass is 529 g/mol. The van der Waals surface area contributed by atoms with E-state index in [1.54, 1.807) is 20.8 Å². The summed E-state index contributed by atoms with van der Waals surface area (Å²) in [5.41, 5.74) is -0.708. The maximum absolute atomic E-state index is 15.2. The van der Waals surface area contributed by atoms with Crippen LogP contribution < -0.4 is 15.4 Å². The molecular weight excluding hydrogens is 501 g/mol. The highest BCUT2D eigenvalue weighted by Crippen LogP contribution is 2.62. The van der Waals surface area contributed by atoms with E-state index in [4.69, 9.17) is 5.26 Å². The third-order valence-corrected chi connectivity index (χ3v) is 10.3. The van der Waals surface area contributed by atoms with Gasteiger partial charge >= 0.3 is 6.09 Å². The molecule has 0 aliphatic carbocycles. The molecular formula is C24H28FN7O4S. The van der Waals surface area contributed by atoms with Gasteiger partial charge in [-0.1, -0.05) is 16.9 Å². The number of carboxylic acid groups (broad SMARTS) is 1. The second-order valence-corrected chi connectivity index (χ2v) is 12.5. The average molecular weight is 530 g/mol. The van der Waals surface area contributed by atoms with Gasteiger partial charge in [-0.2, -0.15) is 5.26 Å². The lowest BCUT2D eigenvalue weighted by Gasteiger charge is -2.55. The van der Waals surface area contributed by atoms with Gasteiger partial charge in [0.05, 0.1) is 10.3 Å². The van der Waals surface area contributed by atoms with Gasteiger partial charge in [-0.25, -0.2) is 19.2 Å². The molecule has 5 N–H and O–H groups in total. The standard InChI is InChI=1S/C24H28FN7O4S/c1-14-10-15(11-26)12-27-18(14)20(33)30-17-7-6-16(25)19(29-17)23(2)13-37(36)24(3,8-4-5-9-28-37)21(32-23)31-22(34)35/h6-7,10,12,28,36H,4-5,8-9,13H2,1-3H3,(H,31,32)(H,34,35)(H,29,30,33). The van der Waals surface area contributed by atoms with Crippen LogP contribution in [0.25, 0.3) is 0 Å². The Kier molecular flexibility index (Phi) is 6.93. The van der Waals surface area contributed by atoms with Crippen molar-refractivity contribution in [1.29, 1.82) is 5.26 Å². The number of carbonyl (C=O) groups is 2. The molecule has 1 saturated heterocycles. The summed E-state index contributed by atoms with van der Waals surface area (Å²) in [4.78, 5) is 37.5. The summed E-state index contributed by atoms with van der Waals surface area (Å²) in [6, 6.07) is 5.91. The Morgan fingerprint density at radius 2 is 2.03 bits per heavy atom. The predicted molar refractivity (Wildman–Crippen MR) is 137 cm³/mol. The van der Waals surface area contributed by atoms with Crippen LogP contribution in [0.2, 0.25) is 0 Å². The zero-order valence-electron chi connectivity index (χ0n) is 20.6. The normalized spacial score (nSPS) is 28.9. The first-order chi connectivity index (χ1) is 17.4. The van der Waals surface area contributed by atoms with E-state index >= 15 is 4.39 Å². The zero-order chi connectivity index (χ0) is 27.0. The van der Waals surface area contributed by atoms with Crippen LogP contribution in [-0.2, 0) is 5.54 Å². The summed E-state index contributed by atoms with van der Waals surface area (Å²) >= 11 is 0. The van der Waals surface area contributed by atoms with Gasteiger partial charge in [0.15, 0.2) is 0 Å². The van der Waals surface area contributed by atoms with Crippen LogP contribution in [0, 0.1) is 24.1 Å². The zero-order valence-corrected chi connectivity index (χ0v) is 21.4. The highest BCUT2D eigenvalue weighted by Gasteiger charge is 2.56. The smallest absolute Gasteiger partial charge is 0.410 e. The molecule has 2 aliphatic heterocycles. The van der Waals surface area contributed by atoms with Crippen molar-refractivity contribution in [2.75, 3.05) is 17.6 Å². The number of nitriles is 1. The van der Waals surface area contributed by atoms with Crippen molar-refractivity contribution < 1.29 is 23.6 Å².